The molecule has 0 aliphatic heterocycles. The largest absolute Gasteiger partial charge is 0.384 e. The zero-order valence-corrected chi connectivity index (χ0v) is 17.3. The summed E-state index contributed by atoms with van der Waals surface area (Å²) in [4.78, 5) is 22.2. The van der Waals surface area contributed by atoms with Crippen molar-refractivity contribution in [2.45, 2.75) is 13.3 Å². The molecule has 0 saturated carbocycles. The zero-order chi connectivity index (χ0) is 22.1. The molecule has 1 aromatic carbocycles. The molecule has 0 unspecified atom stereocenters. The molecule has 0 aliphatic carbocycles. The number of fused-ring (bicyclic) bond motifs is 1. The van der Waals surface area contributed by atoms with Crippen molar-refractivity contribution in [3.05, 3.63) is 59.7 Å². The van der Waals surface area contributed by atoms with E-state index in [0.29, 0.717) is 46.4 Å². The van der Waals surface area contributed by atoms with Gasteiger partial charge in [-0.1, -0.05) is 13.0 Å². The SMILES string of the molecule is [C-]#[N+]c1cc(F)c(N(C)c2cc(Nc3cc(N)ncn3)c3ncn(C)c3n2)c(CC)c1. The van der Waals surface area contributed by atoms with Crippen molar-refractivity contribution in [2.24, 2.45) is 7.05 Å². The van der Waals surface area contributed by atoms with Crippen LogP contribution in [-0.2, 0) is 13.5 Å². The summed E-state index contributed by atoms with van der Waals surface area (Å²) in [6, 6.07) is 6.32. The third kappa shape index (κ3) is 3.69. The Kier molecular flexibility index (Phi) is 5.09. The molecule has 10 heteroatoms. The molecule has 156 valence electrons. The van der Waals surface area contributed by atoms with Crippen LogP contribution in [0.15, 0.2) is 36.9 Å². The molecule has 0 bridgehead atoms. The molecule has 0 atom stereocenters. The number of aromatic nitrogens is 5. The second kappa shape index (κ2) is 7.87. The van der Waals surface area contributed by atoms with Crippen LogP contribution in [-0.4, -0.2) is 31.6 Å². The Balaban J connectivity index is 1.85. The van der Waals surface area contributed by atoms with E-state index in [4.69, 9.17) is 17.3 Å². The molecule has 0 fully saturated rings. The Morgan fingerprint density at radius 1 is 1.23 bits per heavy atom. The molecular weight excluding hydrogens is 397 g/mol. The smallest absolute Gasteiger partial charge is 0.190 e. The fourth-order valence-corrected chi connectivity index (χ4v) is 3.39. The minimum atomic E-state index is -0.474. The van der Waals surface area contributed by atoms with Crippen LogP contribution in [0.1, 0.15) is 12.5 Å². The number of aryl methyl sites for hydroxylation is 2. The van der Waals surface area contributed by atoms with Crippen molar-refractivity contribution in [3.63, 3.8) is 0 Å². The van der Waals surface area contributed by atoms with Crippen LogP contribution >= 0.6 is 0 Å². The third-order valence-electron chi connectivity index (χ3n) is 4.92. The number of pyridine rings is 1. The van der Waals surface area contributed by atoms with E-state index in [2.05, 4.69) is 25.1 Å². The van der Waals surface area contributed by atoms with Crippen LogP contribution in [0.3, 0.4) is 0 Å². The number of rotatable bonds is 5. The van der Waals surface area contributed by atoms with Crippen molar-refractivity contribution >= 4 is 45.7 Å². The summed E-state index contributed by atoms with van der Waals surface area (Å²) in [5.41, 5.74) is 9.02. The zero-order valence-electron chi connectivity index (χ0n) is 17.3. The molecule has 0 aliphatic rings. The van der Waals surface area contributed by atoms with Gasteiger partial charge in [-0.05, 0) is 18.1 Å². The molecule has 31 heavy (non-hydrogen) atoms. The summed E-state index contributed by atoms with van der Waals surface area (Å²) in [6.45, 7) is 9.12. The van der Waals surface area contributed by atoms with E-state index < -0.39 is 5.82 Å². The van der Waals surface area contributed by atoms with Gasteiger partial charge in [0.05, 0.1) is 24.3 Å². The average molecular weight is 417 g/mol. The third-order valence-corrected chi connectivity index (χ3v) is 4.92. The Morgan fingerprint density at radius 2 is 2.03 bits per heavy atom. The molecule has 3 N–H and O–H groups in total. The topological polar surface area (TPSA) is 102 Å². The van der Waals surface area contributed by atoms with E-state index in [1.165, 1.54) is 12.4 Å². The maximum atomic E-state index is 15.0. The first-order chi connectivity index (χ1) is 14.9. The summed E-state index contributed by atoms with van der Waals surface area (Å²) in [7, 11) is 3.58. The lowest BCUT2D eigenvalue weighted by Crippen LogP contribution is -2.16. The molecule has 9 nitrogen and oxygen atoms in total. The monoisotopic (exact) mass is 417 g/mol. The van der Waals surface area contributed by atoms with Crippen LogP contribution in [0.2, 0.25) is 0 Å². The minimum Gasteiger partial charge on any atom is -0.384 e. The van der Waals surface area contributed by atoms with Gasteiger partial charge in [0.2, 0.25) is 0 Å². The number of nitrogens with zero attached hydrogens (tertiary/aromatic N) is 7. The normalized spacial score (nSPS) is 10.8. The van der Waals surface area contributed by atoms with Gasteiger partial charge in [-0.2, -0.15) is 0 Å². The quantitative estimate of drug-likeness (QED) is 0.471. The fraction of sp³-hybridized carbons (Fsp3) is 0.190. The minimum absolute atomic E-state index is 0.269. The van der Waals surface area contributed by atoms with Gasteiger partial charge in [0.1, 0.15) is 35.1 Å². The van der Waals surface area contributed by atoms with Crippen molar-refractivity contribution in [2.75, 3.05) is 23.0 Å². The Labute approximate surface area is 178 Å². The first kappa shape index (κ1) is 20.0. The van der Waals surface area contributed by atoms with Crippen molar-refractivity contribution in [3.8, 4) is 0 Å². The number of hydrogen-bond donors (Lipinski definition) is 2. The van der Waals surface area contributed by atoms with Gasteiger partial charge in [-0.15, -0.1) is 0 Å². The highest BCUT2D eigenvalue weighted by atomic mass is 19.1. The molecule has 4 aromatic rings. The Morgan fingerprint density at radius 3 is 2.74 bits per heavy atom. The number of nitrogens with two attached hydrogens (primary N) is 1. The highest BCUT2D eigenvalue weighted by Crippen LogP contribution is 2.35. The molecule has 0 radical (unpaired) electrons. The maximum absolute atomic E-state index is 15.0. The van der Waals surface area contributed by atoms with E-state index in [9.17, 15) is 4.39 Å². The standard InChI is InChI=1S/C21H20FN9/c1-5-12-6-13(24-2)7-14(22)20(12)31(4)18-8-15(19-21(29-18)30(3)11-27-19)28-17-9-16(23)25-10-26-17/h6-11H,5H2,1,3-4H3,(H3,23,25,26,28,29). The second-order valence-electron chi connectivity index (χ2n) is 6.97. The highest BCUT2D eigenvalue weighted by molar-refractivity contribution is 5.90. The van der Waals surface area contributed by atoms with E-state index in [1.54, 1.807) is 41.0 Å². The van der Waals surface area contributed by atoms with E-state index >= 15 is 0 Å². The van der Waals surface area contributed by atoms with Crippen LogP contribution in [0.4, 0.5) is 38.9 Å². The number of nitrogens with one attached hydrogen (secondary N) is 1. The van der Waals surface area contributed by atoms with Gasteiger partial charge >= 0.3 is 0 Å². The lowest BCUT2D eigenvalue weighted by Gasteiger charge is -2.23. The van der Waals surface area contributed by atoms with Gasteiger partial charge in [0.15, 0.2) is 11.3 Å². The molecule has 0 saturated heterocycles. The Hall–Kier alpha value is -4.26. The molecule has 3 heterocycles. The van der Waals surface area contributed by atoms with Crippen molar-refractivity contribution in [1.29, 1.82) is 0 Å². The van der Waals surface area contributed by atoms with Gasteiger partial charge < -0.3 is 20.5 Å². The molecular formula is C21H20FN9. The predicted molar refractivity (Wildman–Crippen MR) is 118 cm³/mol. The second-order valence-corrected chi connectivity index (χ2v) is 6.97. The summed E-state index contributed by atoms with van der Waals surface area (Å²) < 4.78 is 16.8. The number of hydrogen-bond acceptors (Lipinski definition) is 7. The van der Waals surface area contributed by atoms with Crippen LogP contribution < -0.4 is 16.0 Å². The van der Waals surface area contributed by atoms with Gasteiger partial charge in [0.25, 0.3) is 0 Å². The number of benzene rings is 1. The summed E-state index contributed by atoms with van der Waals surface area (Å²) >= 11 is 0. The van der Waals surface area contributed by atoms with E-state index in [0.717, 1.165) is 5.56 Å². The van der Waals surface area contributed by atoms with E-state index in [1.807, 2.05) is 14.0 Å². The van der Waals surface area contributed by atoms with Crippen molar-refractivity contribution < 1.29 is 4.39 Å². The number of halogens is 1. The average Bonchev–Trinajstić information content (AvgIpc) is 3.13. The molecule has 0 amide bonds. The fourth-order valence-electron chi connectivity index (χ4n) is 3.39. The lowest BCUT2D eigenvalue weighted by molar-refractivity contribution is 0.626. The summed E-state index contributed by atoms with van der Waals surface area (Å²) in [5.74, 6) is 0.861. The van der Waals surface area contributed by atoms with Crippen LogP contribution in [0, 0.1) is 12.4 Å². The molecule has 0 spiro atoms. The van der Waals surface area contributed by atoms with Gasteiger partial charge in [0, 0.05) is 26.2 Å². The number of imidazole rings is 1. The molecule has 4 rings (SSSR count). The summed E-state index contributed by atoms with van der Waals surface area (Å²) in [5, 5.41) is 3.20. The van der Waals surface area contributed by atoms with Gasteiger partial charge in [-0.25, -0.2) is 29.2 Å². The first-order valence-electron chi connectivity index (χ1n) is 9.51. The molecule has 3 aromatic heterocycles. The Bertz CT molecular complexity index is 1320. The van der Waals surface area contributed by atoms with Crippen molar-refractivity contribution in [1.82, 2.24) is 24.5 Å². The number of nitrogen functional groups attached to an aromatic ring is 1. The number of anilines is 5. The van der Waals surface area contributed by atoms with Crippen LogP contribution in [0.25, 0.3) is 16.0 Å². The maximum Gasteiger partial charge on any atom is 0.190 e. The first-order valence-corrected chi connectivity index (χ1v) is 9.51. The van der Waals surface area contributed by atoms with Gasteiger partial charge in [-0.3, -0.25) is 0 Å². The van der Waals surface area contributed by atoms with E-state index in [-0.39, 0.29) is 5.69 Å². The predicted octanol–water partition coefficient (Wildman–Crippen LogP) is 4.10. The lowest BCUT2D eigenvalue weighted by atomic mass is 10.1. The summed E-state index contributed by atoms with van der Waals surface area (Å²) in [6.07, 6.45) is 3.59. The highest BCUT2D eigenvalue weighted by Gasteiger charge is 2.19. The van der Waals surface area contributed by atoms with Crippen LogP contribution in [0.5, 0.6) is 0 Å².